The Morgan fingerprint density at radius 2 is 1.71 bits per heavy atom. The molecule has 3 heteroatoms. The summed E-state index contributed by atoms with van der Waals surface area (Å²) < 4.78 is 0. The van der Waals surface area contributed by atoms with E-state index in [0.29, 0.717) is 12.3 Å². The van der Waals surface area contributed by atoms with Gasteiger partial charge >= 0.3 is 0 Å². The van der Waals surface area contributed by atoms with E-state index in [0.717, 1.165) is 19.3 Å². The van der Waals surface area contributed by atoms with Gasteiger partial charge in [-0.05, 0) is 12.3 Å². The van der Waals surface area contributed by atoms with Crippen LogP contribution in [0.4, 0.5) is 0 Å². The number of carbonyl (C=O) groups excluding carboxylic acids is 1. The van der Waals surface area contributed by atoms with Crippen molar-refractivity contribution in [2.24, 2.45) is 5.92 Å². The van der Waals surface area contributed by atoms with Crippen molar-refractivity contribution in [1.29, 1.82) is 0 Å². The van der Waals surface area contributed by atoms with Crippen LogP contribution in [0, 0.1) is 5.92 Å². The molecule has 0 aliphatic carbocycles. The van der Waals surface area contributed by atoms with Crippen LogP contribution in [0.1, 0.15) is 53.4 Å². The zero-order valence-electron chi connectivity index (χ0n) is 9.80. The van der Waals surface area contributed by atoms with Crippen LogP contribution in [-0.4, -0.2) is 12.0 Å². The molecule has 0 aliphatic heterocycles. The van der Waals surface area contributed by atoms with Crippen molar-refractivity contribution in [3.8, 4) is 0 Å². The summed E-state index contributed by atoms with van der Waals surface area (Å²) in [6.45, 7) is 8.21. The third kappa shape index (κ3) is 4.61. The summed E-state index contributed by atoms with van der Waals surface area (Å²) in [6.07, 6.45) is 3.75. The fraction of sp³-hybridized carbons (Fsp3) is 0.909. The summed E-state index contributed by atoms with van der Waals surface area (Å²) in [5, 5.41) is 0. The van der Waals surface area contributed by atoms with Crippen molar-refractivity contribution < 1.29 is 9.63 Å². The first-order valence-corrected chi connectivity index (χ1v) is 5.63. The minimum Gasteiger partial charge on any atom is -0.273 e. The molecule has 3 nitrogen and oxygen atoms in total. The molecule has 1 N–H and O–H groups in total. The first-order valence-electron chi connectivity index (χ1n) is 5.63. The van der Waals surface area contributed by atoms with Crippen LogP contribution in [0.3, 0.4) is 0 Å². The third-order valence-corrected chi connectivity index (χ3v) is 2.62. The summed E-state index contributed by atoms with van der Waals surface area (Å²) in [7, 11) is 0. The van der Waals surface area contributed by atoms with Gasteiger partial charge in [-0.25, -0.2) is 5.48 Å². The normalized spacial score (nSPS) is 12.9. The molecule has 1 unspecified atom stereocenters. The van der Waals surface area contributed by atoms with Gasteiger partial charge in [-0.1, -0.05) is 40.5 Å². The molecule has 1 amide bonds. The molecule has 0 spiro atoms. The molecule has 0 fully saturated rings. The van der Waals surface area contributed by atoms with Crippen LogP contribution in [0.25, 0.3) is 0 Å². The van der Waals surface area contributed by atoms with Gasteiger partial charge in [-0.2, -0.15) is 0 Å². The van der Waals surface area contributed by atoms with Crippen molar-refractivity contribution in [2.75, 3.05) is 0 Å². The van der Waals surface area contributed by atoms with Crippen LogP contribution >= 0.6 is 0 Å². The molecule has 0 bridgehead atoms. The summed E-state index contributed by atoms with van der Waals surface area (Å²) in [5.74, 6) is 0.492. The van der Waals surface area contributed by atoms with E-state index in [4.69, 9.17) is 4.84 Å². The van der Waals surface area contributed by atoms with Crippen LogP contribution in [0.2, 0.25) is 0 Å². The molecule has 14 heavy (non-hydrogen) atoms. The number of hydrogen-bond donors (Lipinski definition) is 1. The molecule has 84 valence electrons. The standard InChI is InChI=1S/C11H23NO2/c1-5-9(6-2)10(7-3)14-12-11(13)8-4/h9-10H,5-8H2,1-4H3,(H,12,13). The summed E-state index contributed by atoms with van der Waals surface area (Å²) in [4.78, 5) is 16.4. The minimum atomic E-state index is -0.0468. The van der Waals surface area contributed by atoms with Crippen LogP contribution in [-0.2, 0) is 9.63 Å². The summed E-state index contributed by atoms with van der Waals surface area (Å²) in [5.41, 5.74) is 2.49. The average molecular weight is 201 g/mol. The summed E-state index contributed by atoms with van der Waals surface area (Å²) in [6, 6.07) is 0. The monoisotopic (exact) mass is 201 g/mol. The third-order valence-electron chi connectivity index (χ3n) is 2.62. The molecule has 0 aromatic heterocycles. The lowest BCUT2D eigenvalue weighted by atomic mass is 9.95. The number of amides is 1. The molecule has 0 aliphatic rings. The number of carbonyl (C=O) groups is 1. The zero-order valence-corrected chi connectivity index (χ0v) is 9.80. The van der Waals surface area contributed by atoms with E-state index in [1.165, 1.54) is 0 Å². The second-order valence-corrected chi connectivity index (χ2v) is 3.52. The Kier molecular flexibility index (Phi) is 7.48. The molecular formula is C11H23NO2. The molecule has 0 aromatic rings. The lowest BCUT2D eigenvalue weighted by Gasteiger charge is -2.23. The van der Waals surface area contributed by atoms with Crippen molar-refractivity contribution in [2.45, 2.75) is 59.5 Å². The fourth-order valence-electron chi connectivity index (χ4n) is 1.54. The zero-order chi connectivity index (χ0) is 11.0. The highest BCUT2D eigenvalue weighted by molar-refractivity contribution is 5.74. The molecule has 0 saturated heterocycles. The molecule has 0 rings (SSSR count). The number of hydroxylamine groups is 1. The lowest BCUT2D eigenvalue weighted by Crippen LogP contribution is -2.33. The van der Waals surface area contributed by atoms with Gasteiger partial charge in [-0.3, -0.25) is 9.63 Å². The van der Waals surface area contributed by atoms with Gasteiger partial charge in [0.2, 0.25) is 5.91 Å². The Labute approximate surface area is 87.2 Å². The SMILES string of the molecule is CCC(=O)NOC(CC)C(CC)CC. The van der Waals surface area contributed by atoms with E-state index in [2.05, 4.69) is 26.3 Å². The maximum absolute atomic E-state index is 11.0. The van der Waals surface area contributed by atoms with E-state index in [1.54, 1.807) is 0 Å². The second-order valence-electron chi connectivity index (χ2n) is 3.52. The molecule has 0 saturated carbocycles. The van der Waals surface area contributed by atoms with Gasteiger partial charge in [0, 0.05) is 6.42 Å². The molecule has 1 atom stereocenters. The van der Waals surface area contributed by atoms with E-state index in [1.807, 2.05) is 6.92 Å². The average Bonchev–Trinajstić information content (AvgIpc) is 2.23. The number of nitrogens with one attached hydrogen (secondary N) is 1. The number of hydrogen-bond acceptors (Lipinski definition) is 2. The predicted octanol–water partition coefficient (Wildman–Crippen LogP) is 2.66. The minimum absolute atomic E-state index is 0.0468. The van der Waals surface area contributed by atoms with Crippen molar-refractivity contribution in [1.82, 2.24) is 5.48 Å². The molecule has 0 aromatic carbocycles. The highest BCUT2D eigenvalue weighted by Crippen LogP contribution is 2.17. The van der Waals surface area contributed by atoms with Gasteiger partial charge in [0.1, 0.15) is 0 Å². The highest BCUT2D eigenvalue weighted by atomic mass is 16.7. The quantitative estimate of drug-likeness (QED) is 0.643. The molecule has 0 heterocycles. The van der Waals surface area contributed by atoms with Gasteiger partial charge in [0.05, 0.1) is 6.10 Å². The Bertz CT molecular complexity index is 155. The van der Waals surface area contributed by atoms with Gasteiger partial charge in [-0.15, -0.1) is 0 Å². The predicted molar refractivity (Wildman–Crippen MR) is 57.7 cm³/mol. The second kappa shape index (κ2) is 7.80. The highest BCUT2D eigenvalue weighted by Gasteiger charge is 2.18. The lowest BCUT2D eigenvalue weighted by molar-refractivity contribution is -0.141. The first kappa shape index (κ1) is 13.4. The van der Waals surface area contributed by atoms with Gasteiger partial charge in [0.25, 0.3) is 0 Å². The van der Waals surface area contributed by atoms with Crippen LogP contribution in [0.15, 0.2) is 0 Å². The van der Waals surface area contributed by atoms with Crippen molar-refractivity contribution in [3.63, 3.8) is 0 Å². The maximum Gasteiger partial charge on any atom is 0.243 e. The van der Waals surface area contributed by atoms with Crippen LogP contribution < -0.4 is 5.48 Å². The number of rotatable bonds is 7. The largest absolute Gasteiger partial charge is 0.273 e. The van der Waals surface area contributed by atoms with Gasteiger partial charge in [0.15, 0.2) is 0 Å². The first-order chi connectivity index (χ1) is 6.69. The van der Waals surface area contributed by atoms with Gasteiger partial charge < -0.3 is 0 Å². The Morgan fingerprint density at radius 3 is 2.07 bits per heavy atom. The van der Waals surface area contributed by atoms with E-state index >= 15 is 0 Å². The topological polar surface area (TPSA) is 38.3 Å². The van der Waals surface area contributed by atoms with E-state index in [-0.39, 0.29) is 12.0 Å². The smallest absolute Gasteiger partial charge is 0.243 e. The Balaban J connectivity index is 3.94. The Morgan fingerprint density at radius 1 is 1.14 bits per heavy atom. The van der Waals surface area contributed by atoms with E-state index in [9.17, 15) is 4.79 Å². The van der Waals surface area contributed by atoms with Crippen molar-refractivity contribution >= 4 is 5.91 Å². The van der Waals surface area contributed by atoms with Crippen molar-refractivity contribution in [3.05, 3.63) is 0 Å². The molecular weight excluding hydrogens is 178 g/mol. The summed E-state index contributed by atoms with van der Waals surface area (Å²) >= 11 is 0. The van der Waals surface area contributed by atoms with E-state index < -0.39 is 0 Å². The Hall–Kier alpha value is -0.570. The fourth-order valence-corrected chi connectivity index (χ4v) is 1.54. The molecule has 0 radical (unpaired) electrons. The van der Waals surface area contributed by atoms with Crippen LogP contribution in [0.5, 0.6) is 0 Å². The maximum atomic E-state index is 11.0.